The molecule has 1 atom stereocenters. The third-order valence-electron chi connectivity index (χ3n) is 2.90. The van der Waals surface area contributed by atoms with Crippen LogP contribution in [-0.2, 0) is 0 Å². The molecule has 0 aliphatic heterocycles. The van der Waals surface area contributed by atoms with Crippen molar-refractivity contribution in [3.63, 3.8) is 0 Å². The van der Waals surface area contributed by atoms with Crippen LogP contribution in [0.2, 0.25) is 0 Å². The molecule has 1 unspecified atom stereocenters. The molecule has 0 amide bonds. The van der Waals surface area contributed by atoms with Gasteiger partial charge in [-0.15, -0.1) is 0 Å². The number of aliphatic hydroxyl groups is 1. The van der Waals surface area contributed by atoms with Gasteiger partial charge in [-0.1, -0.05) is 22.9 Å². The Labute approximate surface area is 101 Å². The molecule has 90 valence electrons. The lowest BCUT2D eigenvalue weighted by molar-refractivity contribution is 0.199. The highest BCUT2D eigenvalue weighted by Crippen LogP contribution is 2.30. The molecule has 0 bridgehead atoms. The van der Waals surface area contributed by atoms with Crippen molar-refractivity contribution in [2.75, 3.05) is 0 Å². The van der Waals surface area contributed by atoms with Crippen molar-refractivity contribution >= 4 is 0 Å². The molecule has 17 heavy (non-hydrogen) atoms. The second-order valence-corrected chi connectivity index (χ2v) is 4.51. The SMILES string of the molecule is Cc1cc(-c2c(C)noc2C)cc(C(C)O)c1. The minimum atomic E-state index is -0.464. The van der Waals surface area contributed by atoms with Crippen LogP contribution in [0.25, 0.3) is 11.1 Å². The average molecular weight is 231 g/mol. The zero-order valence-corrected chi connectivity index (χ0v) is 10.6. The van der Waals surface area contributed by atoms with Crippen LogP contribution in [0.3, 0.4) is 0 Å². The zero-order chi connectivity index (χ0) is 12.6. The molecule has 0 radical (unpaired) electrons. The lowest BCUT2D eigenvalue weighted by Gasteiger charge is -2.09. The molecule has 0 spiro atoms. The van der Waals surface area contributed by atoms with Crippen LogP contribution in [0, 0.1) is 20.8 Å². The molecule has 0 saturated carbocycles. The summed E-state index contributed by atoms with van der Waals surface area (Å²) in [5.41, 5.74) is 5.00. The molecule has 2 aromatic rings. The molecule has 1 aromatic carbocycles. The minimum absolute atomic E-state index is 0.464. The number of aromatic nitrogens is 1. The highest BCUT2D eigenvalue weighted by molar-refractivity contribution is 5.69. The van der Waals surface area contributed by atoms with Crippen LogP contribution in [-0.4, -0.2) is 10.3 Å². The first kappa shape index (κ1) is 11.9. The van der Waals surface area contributed by atoms with Crippen LogP contribution < -0.4 is 0 Å². The van der Waals surface area contributed by atoms with Crippen molar-refractivity contribution in [3.8, 4) is 11.1 Å². The smallest absolute Gasteiger partial charge is 0.141 e. The number of rotatable bonds is 2. The second kappa shape index (κ2) is 4.34. The normalized spacial score (nSPS) is 12.8. The van der Waals surface area contributed by atoms with Crippen LogP contribution >= 0.6 is 0 Å². The predicted molar refractivity (Wildman–Crippen MR) is 66.8 cm³/mol. The molecule has 0 saturated heterocycles. The van der Waals surface area contributed by atoms with Gasteiger partial charge >= 0.3 is 0 Å². The van der Waals surface area contributed by atoms with Crippen LogP contribution in [0.1, 0.15) is 35.6 Å². The molecule has 3 nitrogen and oxygen atoms in total. The highest BCUT2D eigenvalue weighted by Gasteiger charge is 2.13. The van der Waals surface area contributed by atoms with Gasteiger partial charge < -0.3 is 9.63 Å². The van der Waals surface area contributed by atoms with Gasteiger partial charge in [0.15, 0.2) is 0 Å². The van der Waals surface area contributed by atoms with E-state index in [0.29, 0.717) is 0 Å². The van der Waals surface area contributed by atoms with E-state index in [0.717, 1.165) is 33.7 Å². The van der Waals surface area contributed by atoms with Gasteiger partial charge in [-0.05, 0) is 44.9 Å². The monoisotopic (exact) mass is 231 g/mol. The Bertz CT molecular complexity index is 522. The summed E-state index contributed by atoms with van der Waals surface area (Å²) < 4.78 is 5.18. The zero-order valence-electron chi connectivity index (χ0n) is 10.6. The third-order valence-corrected chi connectivity index (χ3v) is 2.90. The molecule has 1 aromatic heterocycles. The quantitative estimate of drug-likeness (QED) is 0.862. The Morgan fingerprint density at radius 1 is 1.18 bits per heavy atom. The van der Waals surface area contributed by atoms with E-state index in [-0.39, 0.29) is 0 Å². The molecule has 0 aliphatic rings. The fourth-order valence-corrected chi connectivity index (χ4v) is 2.09. The van der Waals surface area contributed by atoms with E-state index in [2.05, 4.69) is 11.2 Å². The topological polar surface area (TPSA) is 46.3 Å². The first-order chi connectivity index (χ1) is 7.99. The van der Waals surface area contributed by atoms with Gasteiger partial charge in [0.05, 0.1) is 11.8 Å². The summed E-state index contributed by atoms with van der Waals surface area (Å²) in [6.45, 7) is 7.62. The summed E-state index contributed by atoms with van der Waals surface area (Å²) in [7, 11) is 0. The van der Waals surface area contributed by atoms with Gasteiger partial charge in [-0.2, -0.15) is 0 Å². The minimum Gasteiger partial charge on any atom is -0.389 e. The summed E-state index contributed by atoms with van der Waals surface area (Å²) >= 11 is 0. The van der Waals surface area contributed by atoms with Gasteiger partial charge in [0, 0.05) is 5.56 Å². The third kappa shape index (κ3) is 2.24. The maximum absolute atomic E-state index is 9.67. The van der Waals surface area contributed by atoms with Gasteiger partial charge in [0.2, 0.25) is 0 Å². The number of nitrogens with zero attached hydrogens (tertiary/aromatic N) is 1. The Balaban J connectivity index is 2.60. The number of benzene rings is 1. The lowest BCUT2D eigenvalue weighted by Crippen LogP contribution is -1.93. The summed E-state index contributed by atoms with van der Waals surface area (Å²) in [5, 5.41) is 13.6. The molecular formula is C14H17NO2. The Morgan fingerprint density at radius 2 is 1.88 bits per heavy atom. The summed E-state index contributed by atoms with van der Waals surface area (Å²) in [4.78, 5) is 0. The fraction of sp³-hybridized carbons (Fsp3) is 0.357. The van der Waals surface area contributed by atoms with E-state index in [1.165, 1.54) is 0 Å². The van der Waals surface area contributed by atoms with Gasteiger partial charge in [0.1, 0.15) is 5.76 Å². The van der Waals surface area contributed by atoms with Crippen molar-refractivity contribution in [2.24, 2.45) is 0 Å². The number of hydrogen-bond donors (Lipinski definition) is 1. The van der Waals surface area contributed by atoms with E-state index in [4.69, 9.17) is 4.52 Å². The summed E-state index contributed by atoms with van der Waals surface area (Å²) in [6.07, 6.45) is -0.464. The second-order valence-electron chi connectivity index (χ2n) is 4.51. The van der Waals surface area contributed by atoms with Crippen LogP contribution in [0.4, 0.5) is 0 Å². The van der Waals surface area contributed by atoms with E-state index in [1.807, 2.05) is 32.9 Å². The number of hydrogen-bond acceptors (Lipinski definition) is 3. The van der Waals surface area contributed by atoms with Gasteiger partial charge in [-0.25, -0.2) is 0 Å². The van der Waals surface area contributed by atoms with E-state index < -0.39 is 6.10 Å². The average Bonchev–Trinajstić information content (AvgIpc) is 2.57. The Morgan fingerprint density at radius 3 is 2.41 bits per heavy atom. The molecule has 0 fully saturated rings. The molecule has 3 heteroatoms. The lowest BCUT2D eigenvalue weighted by atomic mass is 9.97. The van der Waals surface area contributed by atoms with E-state index in [1.54, 1.807) is 6.92 Å². The Kier molecular flexibility index (Phi) is 3.03. The fourth-order valence-electron chi connectivity index (χ4n) is 2.09. The van der Waals surface area contributed by atoms with Crippen molar-refractivity contribution in [2.45, 2.75) is 33.8 Å². The molecule has 1 heterocycles. The number of aryl methyl sites for hydroxylation is 3. The van der Waals surface area contributed by atoms with Crippen molar-refractivity contribution < 1.29 is 9.63 Å². The maximum atomic E-state index is 9.67. The Hall–Kier alpha value is -1.61. The predicted octanol–water partition coefficient (Wildman–Crippen LogP) is 3.32. The highest BCUT2D eigenvalue weighted by atomic mass is 16.5. The molecular weight excluding hydrogens is 214 g/mol. The standard InChI is InChI=1S/C14H17NO2/c1-8-5-12(10(3)16)7-13(6-8)14-9(2)15-17-11(14)4/h5-7,10,16H,1-4H3. The van der Waals surface area contributed by atoms with Crippen LogP contribution in [0.5, 0.6) is 0 Å². The first-order valence-electron chi connectivity index (χ1n) is 5.72. The van der Waals surface area contributed by atoms with Crippen LogP contribution in [0.15, 0.2) is 22.7 Å². The van der Waals surface area contributed by atoms with Gasteiger partial charge in [0.25, 0.3) is 0 Å². The molecule has 2 rings (SSSR count). The van der Waals surface area contributed by atoms with E-state index in [9.17, 15) is 5.11 Å². The largest absolute Gasteiger partial charge is 0.389 e. The number of aliphatic hydroxyl groups excluding tert-OH is 1. The van der Waals surface area contributed by atoms with Gasteiger partial charge in [-0.3, -0.25) is 0 Å². The van der Waals surface area contributed by atoms with Crippen molar-refractivity contribution in [1.29, 1.82) is 0 Å². The summed E-state index contributed by atoms with van der Waals surface area (Å²) in [6, 6.07) is 6.06. The van der Waals surface area contributed by atoms with Crippen molar-refractivity contribution in [1.82, 2.24) is 5.16 Å². The maximum Gasteiger partial charge on any atom is 0.141 e. The van der Waals surface area contributed by atoms with Crippen molar-refractivity contribution in [3.05, 3.63) is 40.8 Å². The molecule has 0 aliphatic carbocycles. The molecule has 1 N–H and O–H groups in total. The first-order valence-corrected chi connectivity index (χ1v) is 5.72. The summed E-state index contributed by atoms with van der Waals surface area (Å²) in [5.74, 6) is 0.810. The van der Waals surface area contributed by atoms with E-state index >= 15 is 0 Å².